The van der Waals surface area contributed by atoms with Gasteiger partial charge in [0, 0.05) is 11.6 Å². The van der Waals surface area contributed by atoms with Crippen LogP contribution in [0.4, 0.5) is 5.69 Å². The SMILES string of the molecule is CCCCCCCCCCOc1ccc(C(=O)O)c(-c2ccc(-c3ccc(O[C@@H](C)CCCCCC)cc3)cc2[N+](=O)[O-])c1. The molecule has 44 heavy (non-hydrogen) atoms. The number of aromatic carboxylic acids is 1. The van der Waals surface area contributed by atoms with Crippen molar-refractivity contribution in [2.75, 3.05) is 6.61 Å². The highest BCUT2D eigenvalue weighted by atomic mass is 16.6. The molecule has 1 N–H and O–H groups in total. The second-order valence-corrected chi connectivity index (χ2v) is 11.6. The fourth-order valence-corrected chi connectivity index (χ4v) is 5.41. The van der Waals surface area contributed by atoms with Gasteiger partial charge in [0.1, 0.15) is 11.5 Å². The summed E-state index contributed by atoms with van der Waals surface area (Å²) < 4.78 is 12.0. The number of carbonyl (C=O) groups is 1. The van der Waals surface area contributed by atoms with E-state index in [0.29, 0.717) is 17.9 Å². The zero-order valence-corrected chi connectivity index (χ0v) is 26.7. The largest absolute Gasteiger partial charge is 0.494 e. The van der Waals surface area contributed by atoms with Gasteiger partial charge in [-0.3, -0.25) is 10.1 Å². The summed E-state index contributed by atoms with van der Waals surface area (Å²) in [6.07, 6.45) is 15.4. The molecule has 0 amide bonds. The molecule has 0 aliphatic rings. The Morgan fingerprint density at radius 2 is 1.34 bits per heavy atom. The normalized spacial score (nSPS) is 11.7. The van der Waals surface area contributed by atoms with Crippen LogP contribution in [-0.4, -0.2) is 28.7 Å². The summed E-state index contributed by atoms with van der Waals surface area (Å²) in [7, 11) is 0. The molecule has 0 aromatic heterocycles. The van der Waals surface area contributed by atoms with Crippen LogP contribution in [0.1, 0.15) is 115 Å². The van der Waals surface area contributed by atoms with Crippen molar-refractivity contribution in [2.45, 2.75) is 110 Å². The van der Waals surface area contributed by atoms with E-state index in [2.05, 4.69) is 20.8 Å². The highest BCUT2D eigenvalue weighted by molar-refractivity contribution is 5.98. The minimum absolute atomic E-state index is 0.00871. The van der Waals surface area contributed by atoms with Gasteiger partial charge in [-0.1, -0.05) is 96.3 Å². The first kappa shape index (κ1) is 34.6. The predicted molar refractivity (Wildman–Crippen MR) is 178 cm³/mol. The van der Waals surface area contributed by atoms with E-state index in [0.717, 1.165) is 37.0 Å². The minimum Gasteiger partial charge on any atom is -0.494 e. The van der Waals surface area contributed by atoms with Gasteiger partial charge in [-0.15, -0.1) is 0 Å². The maximum Gasteiger partial charge on any atom is 0.336 e. The number of nitro groups is 1. The summed E-state index contributed by atoms with van der Waals surface area (Å²) in [6, 6.07) is 17.1. The van der Waals surface area contributed by atoms with E-state index in [-0.39, 0.29) is 28.5 Å². The van der Waals surface area contributed by atoms with Crippen LogP contribution in [-0.2, 0) is 0 Å². The van der Waals surface area contributed by atoms with Crippen molar-refractivity contribution >= 4 is 11.7 Å². The number of nitro benzene ring substituents is 1. The van der Waals surface area contributed by atoms with Crippen LogP contribution in [0.15, 0.2) is 60.7 Å². The number of carboxylic acids is 1. The van der Waals surface area contributed by atoms with E-state index in [1.807, 2.05) is 24.3 Å². The molecule has 1 atom stereocenters. The summed E-state index contributed by atoms with van der Waals surface area (Å²) in [5.41, 5.74) is 1.81. The zero-order valence-electron chi connectivity index (χ0n) is 26.7. The second kappa shape index (κ2) is 18.7. The Morgan fingerprint density at radius 3 is 1.98 bits per heavy atom. The lowest BCUT2D eigenvalue weighted by atomic mass is 9.95. The van der Waals surface area contributed by atoms with E-state index in [9.17, 15) is 20.0 Å². The maximum atomic E-state index is 12.2. The van der Waals surface area contributed by atoms with Crippen molar-refractivity contribution < 1.29 is 24.3 Å². The maximum absolute atomic E-state index is 12.2. The van der Waals surface area contributed by atoms with E-state index in [4.69, 9.17) is 9.47 Å². The molecule has 0 saturated heterocycles. The van der Waals surface area contributed by atoms with Gasteiger partial charge in [0.25, 0.3) is 5.69 Å². The van der Waals surface area contributed by atoms with Gasteiger partial charge < -0.3 is 14.6 Å². The predicted octanol–water partition coefficient (Wildman–Crippen LogP) is 10.9. The van der Waals surface area contributed by atoms with Crippen LogP contribution in [0.3, 0.4) is 0 Å². The molecule has 238 valence electrons. The summed E-state index contributed by atoms with van der Waals surface area (Å²) in [5, 5.41) is 22.1. The fraction of sp³-hybridized carbons (Fsp3) is 0.486. The number of rotatable bonds is 21. The average molecular weight is 604 g/mol. The van der Waals surface area contributed by atoms with Gasteiger partial charge >= 0.3 is 5.97 Å². The van der Waals surface area contributed by atoms with Crippen molar-refractivity contribution in [1.82, 2.24) is 0 Å². The molecule has 3 aromatic carbocycles. The van der Waals surface area contributed by atoms with Crippen LogP contribution < -0.4 is 9.47 Å². The third-order valence-corrected chi connectivity index (χ3v) is 7.96. The van der Waals surface area contributed by atoms with Crippen LogP contribution >= 0.6 is 0 Å². The molecule has 0 bridgehead atoms. The van der Waals surface area contributed by atoms with Gasteiger partial charge in [-0.05, 0) is 73.7 Å². The van der Waals surface area contributed by atoms with Crippen molar-refractivity contribution in [2.24, 2.45) is 0 Å². The van der Waals surface area contributed by atoms with Gasteiger partial charge in [0.2, 0.25) is 0 Å². The standard InChI is InChI=1S/C37H49NO6/c1-4-6-8-10-11-12-13-15-25-43-32-22-24-34(37(39)40)35(27-32)33-23-19-30(26-36(33)38(41)42)29-17-20-31(21-18-29)44-28(3)16-14-9-7-5-2/h17-24,26-28H,4-16,25H2,1-3H3,(H,39,40)/t28-/m0/s1. The van der Waals surface area contributed by atoms with Gasteiger partial charge in [0.15, 0.2) is 0 Å². The highest BCUT2D eigenvalue weighted by Gasteiger charge is 2.22. The molecular formula is C37H49NO6. The number of hydrogen-bond acceptors (Lipinski definition) is 5. The first-order chi connectivity index (χ1) is 21.3. The fourth-order valence-electron chi connectivity index (χ4n) is 5.41. The Labute approximate surface area is 262 Å². The Morgan fingerprint density at radius 1 is 0.750 bits per heavy atom. The summed E-state index contributed by atoms with van der Waals surface area (Å²) in [4.78, 5) is 23.8. The lowest BCUT2D eigenvalue weighted by Gasteiger charge is -2.15. The molecule has 3 aromatic rings. The Hall–Kier alpha value is -3.87. The molecule has 3 rings (SSSR count). The molecular weight excluding hydrogens is 554 g/mol. The summed E-state index contributed by atoms with van der Waals surface area (Å²) in [6.45, 7) is 7.00. The first-order valence-electron chi connectivity index (χ1n) is 16.4. The van der Waals surface area contributed by atoms with Crippen molar-refractivity contribution in [1.29, 1.82) is 0 Å². The third-order valence-electron chi connectivity index (χ3n) is 7.96. The Kier molecular flexibility index (Phi) is 14.7. The molecule has 0 aliphatic carbocycles. The molecule has 0 unspecified atom stereocenters. The van der Waals surface area contributed by atoms with E-state index in [1.165, 1.54) is 69.9 Å². The van der Waals surface area contributed by atoms with Crippen LogP contribution in [0, 0.1) is 10.1 Å². The average Bonchev–Trinajstić information content (AvgIpc) is 3.02. The van der Waals surface area contributed by atoms with Crippen LogP contribution in [0.25, 0.3) is 22.3 Å². The first-order valence-corrected chi connectivity index (χ1v) is 16.4. The number of ether oxygens (including phenoxy) is 2. The smallest absolute Gasteiger partial charge is 0.336 e. The van der Waals surface area contributed by atoms with E-state index < -0.39 is 10.9 Å². The molecule has 7 heteroatoms. The topological polar surface area (TPSA) is 98.9 Å². The van der Waals surface area contributed by atoms with Crippen LogP contribution in [0.5, 0.6) is 11.5 Å². The molecule has 0 saturated carbocycles. The summed E-state index contributed by atoms with van der Waals surface area (Å²) in [5.74, 6) is 0.113. The lowest BCUT2D eigenvalue weighted by Crippen LogP contribution is -2.11. The number of unbranched alkanes of at least 4 members (excludes halogenated alkanes) is 10. The van der Waals surface area contributed by atoms with Gasteiger partial charge in [-0.25, -0.2) is 4.79 Å². The Balaban J connectivity index is 1.72. The molecule has 0 heterocycles. The lowest BCUT2D eigenvalue weighted by molar-refractivity contribution is -0.384. The van der Waals surface area contributed by atoms with Gasteiger partial charge in [-0.2, -0.15) is 0 Å². The number of carboxylic acid groups (broad SMARTS) is 1. The molecule has 0 radical (unpaired) electrons. The summed E-state index contributed by atoms with van der Waals surface area (Å²) >= 11 is 0. The number of benzene rings is 3. The number of nitrogens with zero attached hydrogens (tertiary/aromatic N) is 1. The highest BCUT2D eigenvalue weighted by Crippen LogP contribution is 2.38. The molecule has 0 aliphatic heterocycles. The third kappa shape index (κ3) is 11.0. The molecule has 0 fully saturated rings. The van der Waals surface area contributed by atoms with Crippen molar-refractivity contribution in [3.05, 3.63) is 76.3 Å². The van der Waals surface area contributed by atoms with Crippen molar-refractivity contribution in [3.8, 4) is 33.8 Å². The Bertz CT molecular complexity index is 1320. The second-order valence-electron chi connectivity index (χ2n) is 11.6. The minimum atomic E-state index is -1.15. The van der Waals surface area contributed by atoms with E-state index >= 15 is 0 Å². The quantitative estimate of drug-likeness (QED) is 0.0738. The zero-order chi connectivity index (χ0) is 31.7. The monoisotopic (exact) mass is 603 g/mol. The molecule has 7 nitrogen and oxygen atoms in total. The molecule has 0 spiro atoms. The van der Waals surface area contributed by atoms with Gasteiger partial charge in [0.05, 0.1) is 28.8 Å². The van der Waals surface area contributed by atoms with E-state index in [1.54, 1.807) is 24.3 Å². The van der Waals surface area contributed by atoms with Crippen LogP contribution in [0.2, 0.25) is 0 Å². The van der Waals surface area contributed by atoms with Crippen molar-refractivity contribution in [3.63, 3.8) is 0 Å². The number of hydrogen-bond donors (Lipinski definition) is 1.